The van der Waals surface area contributed by atoms with Gasteiger partial charge in [-0.25, -0.2) is 18.4 Å². The van der Waals surface area contributed by atoms with Crippen molar-refractivity contribution in [2.75, 3.05) is 24.7 Å². The lowest BCUT2D eigenvalue weighted by Crippen LogP contribution is -2.13. The zero-order valence-electron chi connectivity index (χ0n) is 15.0. The molecule has 0 aliphatic rings. The number of sulfone groups is 1. The molecule has 0 spiro atoms. The Labute approximate surface area is 153 Å². The SMILES string of the molecule is Cc1cc(C)cc(OCCNc2ncnc3ccc(S(C)(=O)=O)cc23)c1. The zero-order chi connectivity index (χ0) is 18.7. The number of nitrogens with one attached hydrogen (secondary N) is 1. The first kappa shape index (κ1) is 18.1. The number of anilines is 1. The van der Waals surface area contributed by atoms with E-state index in [1.807, 2.05) is 26.0 Å². The largest absolute Gasteiger partial charge is 0.492 e. The van der Waals surface area contributed by atoms with Crippen LogP contribution in [0.15, 0.2) is 47.6 Å². The number of benzene rings is 2. The molecule has 2 aromatic carbocycles. The third-order valence-corrected chi connectivity index (χ3v) is 5.00. The maximum absolute atomic E-state index is 11.8. The van der Waals surface area contributed by atoms with Gasteiger partial charge in [-0.3, -0.25) is 0 Å². The van der Waals surface area contributed by atoms with E-state index >= 15 is 0 Å². The van der Waals surface area contributed by atoms with Gasteiger partial charge in [0.2, 0.25) is 0 Å². The summed E-state index contributed by atoms with van der Waals surface area (Å²) in [6.07, 6.45) is 2.64. The maximum atomic E-state index is 11.8. The molecule has 0 unspecified atom stereocenters. The van der Waals surface area contributed by atoms with Crippen LogP contribution in [0.2, 0.25) is 0 Å². The van der Waals surface area contributed by atoms with Crippen molar-refractivity contribution in [2.45, 2.75) is 18.7 Å². The van der Waals surface area contributed by atoms with E-state index in [2.05, 4.69) is 21.4 Å². The predicted molar refractivity (Wildman–Crippen MR) is 103 cm³/mol. The van der Waals surface area contributed by atoms with Crippen LogP contribution in [0.3, 0.4) is 0 Å². The van der Waals surface area contributed by atoms with Crippen LogP contribution in [0.5, 0.6) is 5.75 Å². The highest BCUT2D eigenvalue weighted by atomic mass is 32.2. The van der Waals surface area contributed by atoms with Gasteiger partial charge in [-0.15, -0.1) is 0 Å². The summed E-state index contributed by atoms with van der Waals surface area (Å²) in [5.74, 6) is 1.42. The number of hydrogen-bond acceptors (Lipinski definition) is 6. The summed E-state index contributed by atoms with van der Waals surface area (Å²) in [6, 6.07) is 10.9. The van der Waals surface area contributed by atoms with Gasteiger partial charge in [0.1, 0.15) is 24.5 Å². The van der Waals surface area contributed by atoms with Crippen molar-refractivity contribution < 1.29 is 13.2 Å². The lowest BCUT2D eigenvalue weighted by atomic mass is 10.1. The highest BCUT2D eigenvalue weighted by Gasteiger charge is 2.11. The van der Waals surface area contributed by atoms with Gasteiger partial charge in [0.05, 0.1) is 17.0 Å². The van der Waals surface area contributed by atoms with E-state index in [0.717, 1.165) is 16.9 Å². The molecule has 6 nitrogen and oxygen atoms in total. The Morgan fingerprint density at radius 1 is 1.04 bits per heavy atom. The fourth-order valence-electron chi connectivity index (χ4n) is 2.76. The topological polar surface area (TPSA) is 81.2 Å². The number of nitrogens with zero attached hydrogens (tertiary/aromatic N) is 2. The van der Waals surface area contributed by atoms with Gasteiger partial charge in [0.15, 0.2) is 9.84 Å². The van der Waals surface area contributed by atoms with Crippen molar-refractivity contribution in [1.82, 2.24) is 9.97 Å². The molecule has 0 bridgehead atoms. The van der Waals surface area contributed by atoms with Crippen LogP contribution < -0.4 is 10.1 Å². The predicted octanol–water partition coefficient (Wildman–Crippen LogP) is 3.14. The summed E-state index contributed by atoms with van der Waals surface area (Å²) in [6.45, 7) is 5.05. The quantitative estimate of drug-likeness (QED) is 0.671. The average molecular weight is 371 g/mol. The highest BCUT2D eigenvalue weighted by molar-refractivity contribution is 7.90. The van der Waals surface area contributed by atoms with Crippen molar-refractivity contribution in [1.29, 1.82) is 0 Å². The molecule has 0 atom stereocenters. The van der Waals surface area contributed by atoms with Gasteiger partial charge < -0.3 is 10.1 Å². The van der Waals surface area contributed by atoms with E-state index in [1.165, 1.54) is 12.6 Å². The van der Waals surface area contributed by atoms with Crippen molar-refractivity contribution in [2.24, 2.45) is 0 Å². The highest BCUT2D eigenvalue weighted by Crippen LogP contribution is 2.23. The smallest absolute Gasteiger partial charge is 0.175 e. The van der Waals surface area contributed by atoms with E-state index in [-0.39, 0.29) is 4.90 Å². The summed E-state index contributed by atoms with van der Waals surface area (Å²) in [5, 5.41) is 3.86. The Bertz CT molecular complexity index is 1030. The second-order valence-electron chi connectivity index (χ2n) is 6.27. The second-order valence-corrected chi connectivity index (χ2v) is 8.29. The van der Waals surface area contributed by atoms with Gasteiger partial charge in [-0.1, -0.05) is 6.07 Å². The van der Waals surface area contributed by atoms with E-state index in [1.54, 1.807) is 18.2 Å². The summed E-state index contributed by atoms with van der Waals surface area (Å²) in [5.41, 5.74) is 3.00. The van der Waals surface area contributed by atoms with Crippen LogP contribution in [-0.2, 0) is 9.84 Å². The Morgan fingerprint density at radius 2 is 1.77 bits per heavy atom. The second kappa shape index (κ2) is 7.29. The van der Waals surface area contributed by atoms with Crippen molar-refractivity contribution in [3.63, 3.8) is 0 Å². The maximum Gasteiger partial charge on any atom is 0.175 e. The first-order valence-electron chi connectivity index (χ1n) is 8.23. The molecule has 0 aliphatic carbocycles. The Hall–Kier alpha value is -2.67. The number of rotatable bonds is 6. The number of hydrogen-bond donors (Lipinski definition) is 1. The zero-order valence-corrected chi connectivity index (χ0v) is 15.8. The van der Waals surface area contributed by atoms with Gasteiger partial charge in [-0.2, -0.15) is 0 Å². The minimum atomic E-state index is -3.29. The molecule has 3 aromatic rings. The molecule has 0 amide bonds. The van der Waals surface area contributed by atoms with Gasteiger partial charge in [0.25, 0.3) is 0 Å². The molecule has 0 fully saturated rings. The monoisotopic (exact) mass is 371 g/mol. The van der Waals surface area contributed by atoms with E-state index < -0.39 is 9.84 Å². The molecule has 7 heteroatoms. The Balaban J connectivity index is 1.72. The lowest BCUT2D eigenvalue weighted by molar-refractivity contribution is 0.332. The molecular formula is C19H21N3O3S. The summed E-state index contributed by atoms with van der Waals surface area (Å²) in [7, 11) is -3.29. The molecule has 1 heterocycles. The number of aromatic nitrogens is 2. The normalized spacial score (nSPS) is 11.5. The van der Waals surface area contributed by atoms with Gasteiger partial charge in [0, 0.05) is 11.6 Å². The number of fused-ring (bicyclic) bond motifs is 1. The third-order valence-electron chi connectivity index (χ3n) is 3.89. The first-order valence-corrected chi connectivity index (χ1v) is 10.1. The molecule has 3 rings (SSSR count). The van der Waals surface area contributed by atoms with Crippen LogP contribution in [0.4, 0.5) is 5.82 Å². The lowest BCUT2D eigenvalue weighted by Gasteiger charge is -2.11. The van der Waals surface area contributed by atoms with Crippen LogP contribution in [-0.4, -0.2) is 37.8 Å². The fraction of sp³-hybridized carbons (Fsp3) is 0.263. The van der Waals surface area contributed by atoms with Crippen molar-refractivity contribution in [3.8, 4) is 5.75 Å². The van der Waals surface area contributed by atoms with Crippen molar-refractivity contribution in [3.05, 3.63) is 53.9 Å². The first-order chi connectivity index (χ1) is 12.3. The molecule has 0 saturated carbocycles. The minimum absolute atomic E-state index is 0.245. The van der Waals surface area contributed by atoms with Crippen LogP contribution in [0.25, 0.3) is 10.9 Å². The molecule has 1 aromatic heterocycles. The van der Waals surface area contributed by atoms with E-state index in [9.17, 15) is 8.42 Å². The van der Waals surface area contributed by atoms with E-state index in [0.29, 0.717) is 29.9 Å². The third kappa shape index (κ3) is 4.29. The molecule has 0 saturated heterocycles. The van der Waals surface area contributed by atoms with Gasteiger partial charge >= 0.3 is 0 Å². The van der Waals surface area contributed by atoms with Crippen molar-refractivity contribution >= 4 is 26.6 Å². The average Bonchev–Trinajstić information content (AvgIpc) is 2.56. The molecule has 1 N–H and O–H groups in total. The Kier molecular flexibility index (Phi) is 5.08. The number of aryl methyl sites for hydroxylation is 2. The molecule has 0 aliphatic heterocycles. The minimum Gasteiger partial charge on any atom is -0.492 e. The van der Waals surface area contributed by atoms with Crippen LogP contribution >= 0.6 is 0 Å². The molecule has 136 valence electrons. The standard InChI is InChI=1S/C19H21N3O3S/c1-13-8-14(2)10-15(9-13)25-7-6-20-19-17-11-16(26(3,23)24)4-5-18(17)21-12-22-19/h4-5,8-12H,6-7H2,1-3H3,(H,20,21,22). The fourth-order valence-corrected chi connectivity index (χ4v) is 3.41. The van der Waals surface area contributed by atoms with Crippen LogP contribution in [0.1, 0.15) is 11.1 Å². The number of ether oxygens (including phenoxy) is 1. The molecule has 0 radical (unpaired) electrons. The van der Waals surface area contributed by atoms with E-state index in [4.69, 9.17) is 4.74 Å². The summed E-state index contributed by atoms with van der Waals surface area (Å²) < 4.78 is 29.3. The van der Waals surface area contributed by atoms with Gasteiger partial charge in [-0.05, 0) is 55.3 Å². The molecule has 26 heavy (non-hydrogen) atoms. The van der Waals surface area contributed by atoms with Crippen LogP contribution in [0, 0.1) is 13.8 Å². The Morgan fingerprint density at radius 3 is 2.46 bits per heavy atom. The molecular weight excluding hydrogens is 350 g/mol. The summed E-state index contributed by atoms with van der Waals surface area (Å²) >= 11 is 0. The summed E-state index contributed by atoms with van der Waals surface area (Å²) in [4.78, 5) is 8.66.